The number of nitriles is 1. The molecule has 0 amide bonds. The molecule has 2 nitrogen and oxygen atoms in total. The molecule has 0 radical (unpaired) electrons. The first-order valence-corrected chi connectivity index (χ1v) is 6.16. The number of anilines is 1. The van der Waals surface area contributed by atoms with Crippen molar-refractivity contribution >= 4 is 17.3 Å². The zero-order chi connectivity index (χ0) is 13.8. The lowest BCUT2D eigenvalue weighted by Gasteiger charge is -2.09. The lowest BCUT2D eigenvalue weighted by atomic mass is 10.1. The van der Waals surface area contributed by atoms with E-state index >= 15 is 0 Å². The number of halogens is 2. The second-order valence-electron chi connectivity index (χ2n) is 4.25. The van der Waals surface area contributed by atoms with E-state index in [0.29, 0.717) is 22.8 Å². The van der Waals surface area contributed by atoms with Crippen molar-refractivity contribution in [3.63, 3.8) is 0 Å². The van der Waals surface area contributed by atoms with Gasteiger partial charge in [0.2, 0.25) is 0 Å². The summed E-state index contributed by atoms with van der Waals surface area (Å²) >= 11 is 6.11. The van der Waals surface area contributed by atoms with Gasteiger partial charge in [0.05, 0.1) is 17.3 Å². The number of rotatable bonds is 3. The maximum Gasteiger partial charge on any atom is 0.147 e. The fourth-order valence-electron chi connectivity index (χ4n) is 1.71. The Hall–Kier alpha value is -2.05. The van der Waals surface area contributed by atoms with Gasteiger partial charge in [-0.15, -0.1) is 0 Å². The van der Waals surface area contributed by atoms with E-state index in [1.165, 1.54) is 6.07 Å². The number of aryl methyl sites for hydroxylation is 1. The Labute approximate surface area is 116 Å². The summed E-state index contributed by atoms with van der Waals surface area (Å²) in [5.74, 6) is -0.442. The van der Waals surface area contributed by atoms with E-state index < -0.39 is 5.82 Å². The molecule has 4 heteroatoms. The first-order valence-electron chi connectivity index (χ1n) is 5.78. The number of hydrogen-bond donors (Lipinski definition) is 1. The van der Waals surface area contributed by atoms with Crippen molar-refractivity contribution in [3.05, 3.63) is 63.9 Å². The van der Waals surface area contributed by atoms with Crippen molar-refractivity contribution < 1.29 is 4.39 Å². The monoisotopic (exact) mass is 274 g/mol. The molecular weight excluding hydrogens is 263 g/mol. The summed E-state index contributed by atoms with van der Waals surface area (Å²) in [4.78, 5) is 0. The van der Waals surface area contributed by atoms with Crippen LogP contribution in [0.5, 0.6) is 0 Å². The molecule has 0 saturated heterocycles. The average Bonchev–Trinajstić information content (AvgIpc) is 2.39. The van der Waals surface area contributed by atoms with Gasteiger partial charge in [0.25, 0.3) is 0 Å². The molecule has 0 fully saturated rings. The molecule has 0 atom stereocenters. The lowest BCUT2D eigenvalue weighted by Crippen LogP contribution is -2.02. The number of nitrogens with zero attached hydrogens (tertiary/aromatic N) is 1. The zero-order valence-corrected chi connectivity index (χ0v) is 11.1. The highest BCUT2D eigenvalue weighted by Gasteiger charge is 2.05. The third-order valence-corrected chi connectivity index (χ3v) is 3.13. The van der Waals surface area contributed by atoms with Crippen LogP contribution < -0.4 is 5.32 Å². The average molecular weight is 275 g/mol. The Morgan fingerprint density at radius 2 is 2.05 bits per heavy atom. The Bertz CT molecular complexity index is 647. The van der Waals surface area contributed by atoms with Gasteiger partial charge in [-0.25, -0.2) is 4.39 Å². The standard InChI is InChI=1S/C15H12ClFN2/c1-10-2-4-12(13(16)6-10)9-19-15-5-3-11(8-18)7-14(15)17/h2-7,19H,9H2,1H3. The first kappa shape index (κ1) is 13.4. The van der Waals surface area contributed by atoms with E-state index in [2.05, 4.69) is 5.32 Å². The molecule has 2 aromatic carbocycles. The number of hydrogen-bond acceptors (Lipinski definition) is 2. The molecule has 0 bridgehead atoms. The van der Waals surface area contributed by atoms with E-state index in [4.69, 9.17) is 16.9 Å². The molecule has 0 aliphatic carbocycles. The van der Waals surface area contributed by atoms with Gasteiger partial charge in [0, 0.05) is 11.6 Å². The maximum absolute atomic E-state index is 13.7. The van der Waals surface area contributed by atoms with Crippen LogP contribution in [0.1, 0.15) is 16.7 Å². The lowest BCUT2D eigenvalue weighted by molar-refractivity contribution is 0.629. The quantitative estimate of drug-likeness (QED) is 0.907. The Balaban J connectivity index is 2.13. The Kier molecular flexibility index (Phi) is 4.03. The smallest absolute Gasteiger partial charge is 0.147 e. The molecule has 0 unspecified atom stereocenters. The SMILES string of the molecule is Cc1ccc(CNc2ccc(C#N)cc2F)c(Cl)c1. The fraction of sp³-hybridized carbons (Fsp3) is 0.133. The van der Waals surface area contributed by atoms with Crippen molar-refractivity contribution in [3.8, 4) is 6.07 Å². The summed E-state index contributed by atoms with van der Waals surface area (Å²) in [5, 5.41) is 12.3. The summed E-state index contributed by atoms with van der Waals surface area (Å²) < 4.78 is 13.7. The minimum atomic E-state index is -0.442. The third kappa shape index (κ3) is 3.24. The van der Waals surface area contributed by atoms with Crippen LogP contribution in [-0.4, -0.2) is 0 Å². The van der Waals surface area contributed by atoms with Crippen LogP contribution >= 0.6 is 11.6 Å². The maximum atomic E-state index is 13.7. The second-order valence-corrected chi connectivity index (χ2v) is 4.66. The van der Waals surface area contributed by atoms with Crippen molar-refractivity contribution in [2.24, 2.45) is 0 Å². The highest BCUT2D eigenvalue weighted by molar-refractivity contribution is 6.31. The normalized spacial score (nSPS) is 10.0. The highest BCUT2D eigenvalue weighted by Crippen LogP contribution is 2.21. The number of nitrogens with one attached hydrogen (secondary N) is 1. The predicted molar refractivity (Wildman–Crippen MR) is 74.6 cm³/mol. The molecule has 0 aromatic heterocycles. The van der Waals surface area contributed by atoms with Crippen LogP contribution in [0.25, 0.3) is 0 Å². The van der Waals surface area contributed by atoms with Crippen LogP contribution in [0.3, 0.4) is 0 Å². The van der Waals surface area contributed by atoms with E-state index in [0.717, 1.165) is 11.1 Å². The summed E-state index contributed by atoms with van der Waals surface area (Å²) in [7, 11) is 0. The van der Waals surface area contributed by atoms with Gasteiger partial charge in [-0.05, 0) is 42.3 Å². The van der Waals surface area contributed by atoms with Gasteiger partial charge < -0.3 is 5.32 Å². The molecule has 19 heavy (non-hydrogen) atoms. The molecule has 0 aliphatic heterocycles. The summed E-state index contributed by atoms with van der Waals surface area (Å²) in [5.41, 5.74) is 2.64. The topological polar surface area (TPSA) is 35.8 Å². The molecule has 0 saturated carbocycles. The highest BCUT2D eigenvalue weighted by atomic mass is 35.5. The van der Waals surface area contributed by atoms with Crippen LogP contribution in [0.4, 0.5) is 10.1 Å². The molecule has 1 N–H and O–H groups in total. The van der Waals surface area contributed by atoms with Crippen LogP contribution in [-0.2, 0) is 6.54 Å². The van der Waals surface area contributed by atoms with Crippen LogP contribution in [0, 0.1) is 24.1 Å². The summed E-state index contributed by atoms with van der Waals surface area (Å²) in [6.45, 7) is 2.39. The molecule has 0 heterocycles. The van der Waals surface area contributed by atoms with Gasteiger partial charge in [-0.3, -0.25) is 0 Å². The molecule has 0 aliphatic rings. The van der Waals surface area contributed by atoms with Gasteiger partial charge in [-0.2, -0.15) is 5.26 Å². The minimum Gasteiger partial charge on any atom is -0.379 e. The Morgan fingerprint density at radius 1 is 1.26 bits per heavy atom. The van der Waals surface area contributed by atoms with Crippen LogP contribution in [0.15, 0.2) is 36.4 Å². The second kappa shape index (κ2) is 5.73. The fourth-order valence-corrected chi connectivity index (χ4v) is 2.02. The molecule has 2 aromatic rings. The van der Waals surface area contributed by atoms with Crippen LogP contribution in [0.2, 0.25) is 5.02 Å². The third-order valence-electron chi connectivity index (χ3n) is 2.78. The number of benzene rings is 2. The van der Waals surface area contributed by atoms with Crippen molar-refractivity contribution in [1.82, 2.24) is 0 Å². The van der Waals surface area contributed by atoms with Crippen molar-refractivity contribution in [1.29, 1.82) is 5.26 Å². The van der Waals surface area contributed by atoms with Gasteiger partial charge in [0.1, 0.15) is 5.82 Å². The molecule has 96 valence electrons. The van der Waals surface area contributed by atoms with E-state index in [1.54, 1.807) is 12.1 Å². The summed E-state index contributed by atoms with van der Waals surface area (Å²) in [6, 6.07) is 12.0. The molecular formula is C15H12ClFN2. The summed E-state index contributed by atoms with van der Waals surface area (Å²) in [6.07, 6.45) is 0. The first-order chi connectivity index (χ1) is 9.10. The minimum absolute atomic E-state index is 0.302. The van der Waals surface area contributed by atoms with Crippen molar-refractivity contribution in [2.75, 3.05) is 5.32 Å². The predicted octanol–water partition coefficient (Wildman–Crippen LogP) is 4.27. The van der Waals surface area contributed by atoms with E-state index in [-0.39, 0.29) is 0 Å². The Morgan fingerprint density at radius 3 is 2.68 bits per heavy atom. The largest absolute Gasteiger partial charge is 0.379 e. The van der Waals surface area contributed by atoms with Gasteiger partial charge in [-0.1, -0.05) is 23.7 Å². The van der Waals surface area contributed by atoms with E-state index in [1.807, 2.05) is 31.2 Å². The molecule has 2 rings (SSSR count). The van der Waals surface area contributed by atoms with Gasteiger partial charge in [0.15, 0.2) is 0 Å². The zero-order valence-electron chi connectivity index (χ0n) is 10.4. The van der Waals surface area contributed by atoms with Crippen molar-refractivity contribution in [2.45, 2.75) is 13.5 Å². The van der Waals surface area contributed by atoms with Gasteiger partial charge >= 0.3 is 0 Å². The van der Waals surface area contributed by atoms with E-state index in [9.17, 15) is 4.39 Å². The molecule has 0 spiro atoms.